The van der Waals surface area contributed by atoms with Crippen LogP contribution in [0.4, 0.5) is 10.5 Å². The molecule has 2 aliphatic heterocycles. The summed E-state index contributed by atoms with van der Waals surface area (Å²) in [5.74, 6) is -0.390. The van der Waals surface area contributed by atoms with E-state index in [2.05, 4.69) is 39.9 Å². The van der Waals surface area contributed by atoms with Crippen LogP contribution in [0.3, 0.4) is 0 Å². The molecule has 0 bridgehead atoms. The van der Waals surface area contributed by atoms with Crippen molar-refractivity contribution in [2.24, 2.45) is 0 Å². The molecule has 3 N–H and O–H groups in total. The molecule has 0 aliphatic carbocycles. The van der Waals surface area contributed by atoms with Crippen LogP contribution in [-0.4, -0.2) is 83.8 Å². The molecule has 3 heterocycles. The van der Waals surface area contributed by atoms with Crippen LogP contribution in [0.25, 0.3) is 10.9 Å². The fourth-order valence-electron chi connectivity index (χ4n) is 7.08. The highest BCUT2D eigenvalue weighted by atomic mass is 16.2. The van der Waals surface area contributed by atoms with Crippen LogP contribution < -0.4 is 10.6 Å². The molecule has 47 heavy (non-hydrogen) atoms. The Balaban J connectivity index is 1.27. The molecule has 0 saturated carbocycles. The number of para-hydroxylation sites is 1. The number of piperidine rings is 1. The number of aromatic amines is 1. The van der Waals surface area contributed by atoms with Crippen LogP contribution >= 0.6 is 0 Å². The van der Waals surface area contributed by atoms with Crippen molar-refractivity contribution in [3.8, 4) is 0 Å². The average molecular weight is 635 g/mol. The van der Waals surface area contributed by atoms with E-state index in [0.717, 1.165) is 47.7 Å². The highest BCUT2D eigenvalue weighted by Gasteiger charge is 2.33. The Hall–Kier alpha value is -4.63. The summed E-state index contributed by atoms with van der Waals surface area (Å²) in [7, 11) is 3.97. The normalized spacial score (nSPS) is 16.8. The van der Waals surface area contributed by atoms with Crippen LogP contribution in [0, 0.1) is 0 Å². The van der Waals surface area contributed by atoms with E-state index in [1.807, 2.05) is 90.4 Å². The highest BCUT2D eigenvalue weighted by Crippen LogP contribution is 2.31. The molecule has 9 nitrogen and oxygen atoms in total. The van der Waals surface area contributed by atoms with E-state index < -0.39 is 6.04 Å². The van der Waals surface area contributed by atoms with Gasteiger partial charge in [-0.3, -0.25) is 9.59 Å². The quantitative estimate of drug-likeness (QED) is 0.205. The van der Waals surface area contributed by atoms with Crippen molar-refractivity contribution in [2.75, 3.05) is 45.6 Å². The van der Waals surface area contributed by atoms with E-state index in [-0.39, 0.29) is 23.8 Å². The molecule has 2 fully saturated rings. The van der Waals surface area contributed by atoms with Gasteiger partial charge >= 0.3 is 6.03 Å². The first-order valence-electron chi connectivity index (χ1n) is 16.8. The summed E-state index contributed by atoms with van der Waals surface area (Å²) >= 11 is 0. The minimum Gasteiger partial charge on any atom is -0.361 e. The number of likely N-dealkylation sites (tertiary alicyclic amines) is 2. The van der Waals surface area contributed by atoms with E-state index >= 15 is 0 Å². The van der Waals surface area contributed by atoms with E-state index in [4.69, 9.17) is 0 Å². The van der Waals surface area contributed by atoms with Crippen LogP contribution in [0.2, 0.25) is 0 Å². The molecule has 0 spiro atoms. The number of nitrogens with zero attached hydrogens (tertiary/aromatic N) is 3. The Kier molecular flexibility index (Phi) is 9.92. The van der Waals surface area contributed by atoms with Crippen molar-refractivity contribution in [2.45, 2.75) is 57.0 Å². The number of H-pyrrole nitrogens is 1. The molecule has 4 amide bonds. The van der Waals surface area contributed by atoms with Crippen molar-refractivity contribution >= 4 is 34.4 Å². The minimum absolute atomic E-state index is 0.0826. The van der Waals surface area contributed by atoms with Gasteiger partial charge in [-0.2, -0.15) is 0 Å². The van der Waals surface area contributed by atoms with E-state index in [0.29, 0.717) is 49.9 Å². The molecule has 2 unspecified atom stereocenters. The van der Waals surface area contributed by atoms with Crippen LogP contribution in [0.15, 0.2) is 79.0 Å². The Morgan fingerprint density at radius 3 is 2.32 bits per heavy atom. The highest BCUT2D eigenvalue weighted by molar-refractivity contribution is 6.06. The second-order valence-corrected chi connectivity index (χ2v) is 13.3. The minimum atomic E-state index is -0.888. The van der Waals surface area contributed by atoms with Gasteiger partial charge < -0.3 is 30.3 Å². The van der Waals surface area contributed by atoms with Crippen molar-refractivity contribution in [1.29, 1.82) is 0 Å². The Labute approximate surface area is 277 Å². The number of nitrogens with one attached hydrogen (secondary N) is 3. The average Bonchev–Trinajstić information content (AvgIpc) is 3.78. The second-order valence-electron chi connectivity index (χ2n) is 13.3. The molecular weight excluding hydrogens is 588 g/mol. The van der Waals surface area contributed by atoms with Gasteiger partial charge in [0.15, 0.2) is 0 Å². The SMILES string of the molecule is CC(c1c[nH]c2ccccc12)C(NC(=O)N1CCC(c2ccccc2)CC1)C(=O)Nc1cc(CN(C)C)ccc1C(=O)N1CCCC1. The first kappa shape index (κ1) is 32.3. The summed E-state index contributed by atoms with van der Waals surface area (Å²) in [6.07, 6.45) is 5.61. The van der Waals surface area contributed by atoms with Crippen LogP contribution in [0.5, 0.6) is 0 Å². The number of urea groups is 1. The monoisotopic (exact) mass is 634 g/mol. The van der Waals surface area contributed by atoms with Crippen molar-refractivity contribution in [3.63, 3.8) is 0 Å². The molecule has 2 atom stereocenters. The number of aromatic nitrogens is 1. The van der Waals surface area contributed by atoms with Crippen molar-refractivity contribution in [3.05, 3.63) is 101 Å². The third-order valence-corrected chi connectivity index (χ3v) is 9.69. The van der Waals surface area contributed by atoms with Gasteiger partial charge in [0.05, 0.1) is 11.3 Å². The van der Waals surface area contributed by atoms with Gasteiger partial charge in [-0.05, 0) is 80.6 Å². The van der Waals surface area contributed by atoms with Gasteiger partial charge in [0.1, 0.15) is 6.04 Å². The number of hydrogen-bond acceptors (Lipinski definition) is 4. The van der Waals surface area contributed by atoms with E-state index in [1.165, 1.54) is 5.56 Å². The molecule has 0 radical (unpaired) electrons. The van der Waals surface area contributed by atoms with Crippen molar-refractivity contribution in [1.82, 2.24) is 25.0 Å². The Bertz CT molecular complexity index is 1700. The maximum absolute atomic E-state index is 14.4. The fourth-order valence-corrected chi connectivity index (χ4v) is 7.08. The smallest absolute Gasteiger partial charge is 0.318 e. The zero-order valence-electron chi connectivity index (χ0n) is 27.7. The molecular formula is C38H46N6O3. The number of fused-ring (bicyclic) bond motifs is 1. The fraction of sp³-hybridized carbons (Fsp3) is 0.395. The van der Waals surface area contributed by atoms with E-state index in [1.54, 1.807) is 0 Å². The number of hydrogen-bond donors (Lipinski definition) is 3. The standard InChI is InChI=1S/C38H46N6O3/c1-26(32-24-39-33-14-8-7-13-30(32)33)35(41-38(47)44-21-17-29(18-22-44)28-11-5-4-6-12-28)36(45)40-34-23-27(25-42(2)3)15-16-31(34)37(46)43-19-9-10-20-43/h4-8,11-16,23-24,26,29,35,39H,9-10,17-22,25H2,1-3H3,(H,40,45)(H,41,47). The summed E-state index contributed by atoms with van der Waals surface area (Å²) in [6, 6.07) is 23.0. The lowest BCUT2D eigenvalue weighted by molar-refractivity contribution is -0.118. The lowest BCUT2D eigenvalue weighted by Crippen LogP contribution is -2.53. The summed E-state index contributed by atoms with van der Waals surface area (Å²) < 4.78 is 0. The zero-order valence-corrected chi connectivity index (χ0v) is 27.7. The number of amides is 4. The lowest BCUT2D eigenvalue weighted by Gasteiger charge is -2.34. The number of benzene rings is 3. The van der Waals surface area contributed by atoms with Crippen molar-refractivity contribution < 1.29 is 14.4 Å². The maximum atomic E-state index is 14.4. The second kappa shape index (κ2) is 14.4. The topological polar surface area (TPSA) is 101 Å². The maximum Gasteiger partial charge on any atom is 0.318 e. The first-order valence-corrected chi connectivity index (χ1v) is 16.8. The zero-order chi connectivity index (χ0) is 32.9. The number of rotatable bonds is 9. The number of carbonyl (C=O) groups excluding carboxylic acids is 3. The van der Waals surface area contributed by atoms with Gasteiger partial charge in [-0.15, -0.1) is 0 Å². The third kappa shape index (κ3) is 7.36. The largest absolute Gasteiger partial charge is 0.361 e. The summed E-state index contributed by atoms with van der Waals surface area (Å²) in [5, 5.41) is 7.24. The van der Waals surface area contributed by atoms with Gasteiger partial charge in [-0.25, -0.2) is 4.79 Å². The molecule has 2 saturated heterocycles. The van der Waals surface area contributed by atoms with Gasteiger partial charge in [0, 0.05) is 55.7 Å². The molecule has 246 valence electrons. The molecule has 4 aromatic rings. The lowest BCUT2D eigenvalue weighted by atomic mass is 9.89. The third-order valence-electron chi connectivity index (χ3n) is 9.69. The Morgan fingerprint density at radius 2 is 1.60 bits per heavy atom. The Morgan fingerprint density at radius 1 is 0.894 bits per heavy atom. The molecule has 1 aromatic heterocycles. The molecule has 9 heteroatoms. The van der Waals surface area contributed by atoms with Gasteiger partial charge in [0.2, 0.25) is 5.91 Å². The van der Waals surface area contributed by atoms with Gasteiger partial charge in [0.25, 0.3) is 5.91 Å². The van der Waals surface area contributed by atoms with Crippen LogP contribution in [-0.2, 0) is 11.3 Å². The molecule has 2 aliphatic rings. The summed E-state index contributed by atoms with van der Waals surface area (Å²) in [4.78, 5) is 50.9. The number of anilines is 1. The molecule has 3 aromatic carbocycles. The summed E-state index contributed by atoms with van der Waals surface area (Å²) in [6.45, 7) is 5.28. The van der Waals surface area contributed by atoms with E-state index in [9.17, 15) is 14.4 Å². The van der Waals surface area contributed by atoms with Crippen LogP contribution in [0.1, 0.15) is 71.5 Å². The van der Waals surface area contributed by atoms with Gasteiger partial charge in [-0.1, -0.05) is 61.5 Å². The predicted octanol–water partition coefficient (Wildman–Crippen LogP) is 6.17. The summed E-state index contributed by atoms with van der Waals surface area (Å²) in [5.41, 5.74) is 5.13. The predicted molar refractivity (Wildman–Crippen MR) is 187 cm³/mol. The number of carbonyl (C=O) groups is 3. The molecule has 6 rings (SSSR count). The first-order chi connectivity index (χ1) is 22.8.